The molecule has 0 radical (unpaired) electrons. The Balaban J connectivity index is 3.67. The number of carbonyl (C=O) groups is 2. The molecule has 0 rings (SSSR count). The van der Waals surface area contributed by atoms with Crippen LogP contribution in [0.25, 0.3) is 0 Å². The zero-order valence-electron chi connectivity index (χ0n) is 7.91. The summed E-state index contributed by atoms with van der Waals surface area (Å²) in [6, 6.07) is -0.552. The van der Waals surface area contributed by atoms with E-state index in [9.17, 15) is 9.59 Å². The van der Waals surface area contributed by atoms with Crippen LogP contribution < -0.4 is 5.73 Å². The molecule has 0 saturated heterocycles. The average Bonchev–Trinajstić information content (AvgIpc) is 2.13. The van der Waals surface area contributed by atoms with Gasteiger partial charge in [-0.3, -0.25) is 9.59 Å². The Bertz CT molecular complexity index is 184. The van der Waals surface area contributed by atoms with Gasteiger partial charge in [0.05, 0.1) is 13.2 Å². The summed E-state index contributed by atoms with van der Waals surface area (Å²) in [6.07, 6.45) is 0.562. The molecule has 13 heavy (non-hydrogen) atoms. The Morgan fingerprint density at radius 2 is 2.15 bits per heavy atom. The number of hydrogen-bond donors (Lipinski definition) is 1. The summed E-state index contributed by atoms with van der Waals surface area (Å²) in [7, 11) is 1.32. The highest BCUT2D eigenvalue weighted by atomic mass is 32.2. The first-order valence-electron chi connectivity index (χ1n) is 4.10. The molecule has 0 saturated carbocycles. The first kappa shape index (κ1) is 12.4. The molecule has 0 spiro atoms. The summed E-state index contributed by atoms with van der Waals surface area (Å²) < 4.78 is 4.43. The van der Waals surface area contributed by atoms with Gasteiger partial charge in [0.25, 0.3) is 0 Å². The number of hydrogen-bond acceptors (Lipinski definition) is 5. The van der Waals surface area contributed by atoms with E-state index in [0.29, 0.717) is 12.2 Å². The molecule has 0 aliphatic carbocycles. The number of carbonyl (C=O) groups excluding carboxylic acids is 2. The molecule has 0 amide bonds. The minimum absolute atomic E-state index is 0.0635. The van der Waals surface area contributed by atoms with Gasteiger partial charge >= 0.3 is 5.97 Å². The minimum Gasteiger partial charge on any atom is -0.469 e. The number of thioether (sulfide) groups is 1. The molecule has 0 aromatic carbocycles. The van der Waals surface area contributed by atoms with Crippen LogP contribution in [-0.2, 0) is 14.3 Å². The summed E-state index contributed by atoms with van der Waals surface area (Å²) in [5.74, 6) is 0.384. The molecule has 0 fully saturated rings. The lowest BCUT2D eigenvalue weighted by atomic mass is 10.2. The molecule has 0 bridgehead atoms. The Hall–Kier alpha value is -0.550. The highest BCUT2D eigenvalue weighted by Crippen LogP contribution is 2.07. The minimum atomic E-state index is -0.552. The molecule has 4 nitrogen and oxygen atoms in total. The van der Waals surface area contributed by atoms with E-state index in [1.165, 1.54) is 18.9 Å². The van der Waals surface area contributed by atoms with E-state index in [2.05, 4.69) is 4.74 Å². The van der Waals surface area contributed by atoms with Crippen molar-refractivity contribution >= 4 is 22.8 Å². The normalized spacial score (nSPS) is 12.2. The average molecular weight is 205 g/mol. The lowest BCUT2D eigenvalue weighted by Crippen LogP contribution is -2.29. The van der Waals surface area contributed by atoms with Crippen LogP contribution in [0.2, 0.25) is 0 Å². The van der Waals surface area contributed by atoms with Crippen molar-refractivity contribution in [2.75, 3.05) is 12.9 Å². The van der Waals surface area contributed by atoms with Crippen molar-refractivity contribution in [2.24, 2.45) is 5.73 Å². The van der Waals surface area contributed by atoms with Crippen molar-refractivity contribution in [2.45, 2.75) is 25.8 Å². The van der Waals surface area contributed by atoms with Gasteiger partial charge in [0.2, 0.25) is 5.12 Å². The third kappa shape index (κ3) is 5.65. The van der Waals surface area contributed by atoms with Gasteiger partial charge in [-0.25, -0.2) is 0 Å². The second-order valence-corrected chi connectivity index (χ2v) is 3.74. The maximum absolute atomic E-state index is 11.1. The van der Waals surface area contributed by atoms with E-state index in [0.717, 1.165) is 0 Å². The van der Waals surface area contributed by atoms with Crippen molar-refractivity contribution < 1.29 is 14.3 Å². The fraction of sp³-hybridized carbons (Fsp3) is 0.750. The third-order valence-electron chi connectivity index (χ3n) is 1.48. The standard InChI is InChI=1S/C8H15NO3S/c1-3-13-8(11)6(9)4-5-7(10)12-2/h6H,3-5,9H2,1-2H3/t6-/m0/s1. The van der Waals surface area contributed by atoms with Crippen LogP contribution in [-0.4, -0.2) is 30.0 Å². The van der Waals surface area contributed by atoms with Gasteiger partial charge in [0, 0.05) is 6.42 Å². The van der Waals surface area contributed by atoms with E-state index in [4.69, 9.17) is 5.73 Å². The van der Waals surface area contributed by atoms with Crippen molar-refractivity contribution in [1.82, 2.24) is 0 Å². The molecule has 0 aromatic heterocycles. The van der Waals surface area contributed by atoms with Gasteiger partial charge in [-0.15, -0.1) is 0 Å². The predicted molar refractivity (Wildman–Crippen MR) is 52.4 cm³/mol. The largest absolute Gasteiger partial charge is 0.469 e. The molecule has 2 N–H and O–H groups in total. The van der Waals surface area contributed by atoms with Crippen molar-refractivity contribution in [1.29, 1.82) is 0 Å². The first-order valence-corrected chi connectivity index (χ1v) is 5.09. The van der Waals surface area contributed by atoms with Gasteiger partial charge < -0.3 is 10.5 Å². The van der Waals surface area contributed by atoms with Crippen molar-refractivity contribution in [3.63, 3.8) is 0 Å². The van der Waals surface area contributed by atoms with E-state index >= 15 is 0 Å². The molecular weight excluding hydrogens is 190 g/mol. The summed E-state index contributed by atoms with van der Waals surface area (Å²) in [4.78, 5) is 21.8. The van der Waals surface area contributed by atoms with Gasteiger partial charge in [-0.2, -0.15) is 0 Å². The fourth-order valence-corrected chi connectivity index (χ4v) is 1.36. The molecule has 0 aliphatic heterocycles. The summed E-state index contributed by atoms with van der Waals surface area (Å²) in [5, 5.41) is -0.0635. The zero-order chi connectivity index (χ0) is 10.3. The number of esters is 1. The van der Waals surface area contributed by atoms with Crippen LogP contribution in [0.5, 0.6) is 0 Å². The molecular formula is C8H15NO3S. The van der Waals surface area contributed by atoms with Gasteiger partial charge in [-0.05, 0) is 12.2 Å². The van der Waals surface area contributed by atoms with Crippen LogP contribution >= 0.6 is 11.8 Å². The molecule has 1 atom stereocenters. The number of methoxy groups -OCH3 is 1. The fourth-order valence-electron chi connectivity index (χ4n) is 0.743. The Labute approximate surface area is 82.2 Å². The zero-order valence-corrected chi connectivity index (χ0v) is 8.73. The lowest BCUT2D eigenvalue weighted by molar-refractivity contribution is -0.140. The topological polar surface area (TPSA) is 69.4 Å². The summed E-state index contributed by atoms with van der Waals surface area (Å²) in [6.45, 7) is 1.88. The molecule has 5 heteroatoms. The van der Waals surface area contributed by atoms with E-state index < -0.39 is 6.04 Å². The van der Waals surface area contributed by atoms with E-state index in [1.54, 1.807) is 0 Å². The van der Waals surface area contributed by atoms with E-state index in [-0.39, 0.29) is 17.5 Å². The smallest absolute Gasteiger partial charge is 0.305 e. The number of nitrogens with two attached hydrogens (primary N) is 1. The van der Waals surface area contributed by atoms with Crippen LogP contribution in [0.1, 0.15) is 19.8 Å². The van der Waals surface area contributed by atoms with Crippen LogP contribution in [0.15, 0.2) is 0 Å². The van der Waals surface area contributed by atoms with Gasteiger partial charge in [0.1, 0.15) is 0 Å². The quantitative estimate of drug-likeness (QED) is 0.664. The summed E-state index contributed by atoms with van der Waals surface area (Å²) in [5.41, 5.74) is 5.53. The Morgan fingerprint density at radius 3 is 2.62 bits per heavy atom. The third-order valence-corrected chi connectivity index (χ3v) is 2.35. The maximum atomic E-state index is 11.1. The molecule has 0 heterocycles. The van der Waals surface area contributed by atoms with Gasteiger partial charge in [-0.1, -0.05) is 18.7 Å². The van der Waals surface area contributed by atoms with E-state index in [1.807, 2.05) is 6.92 Å². The molecule has 0 aromatic rings. The second-order valence-electron chi connectivity index (χ2n) is 2.47. The van der Waals surface area contributed by atoms with Crippen LogP contribution in [0.4, 0.5) is 0 Å². The second kappa shape index (κ2) is 6.91. The molecule has 0 unspecified atom stereocenters. The predicted octanol–water partition coefficient (Wildman–Crippen LogP) is 0.547. The Kier molecular flexibility index (Phi) is 6.62. The monoisotopic (exact) mass is 205 g/mol. The van der Waals surface area contributed by atoms with Crippen molar-refractivity contribution in [3.8, 4) is 0 Å². The van der Waals surface area contributed by atoms with Crippen LogP contribution in [0.3, 0.4) is 0 Å². The Morgan fingerprint density at radius 1 is 1.54 bits per heavy atom. The summed E-state index contributed by atoms with van der Waals surface area (Å²) >= 11 is 1.18. The number of ether oxygens (including phenoxy) is 1. The SMILES string of the molecule is CCSC(=O)[C@@H](N)CCC(=O)OC. The molecule has 76 valence electrons. The number of rotatable bonds is 5. The molecule has 0 aliphatic rings. The van der Waals surface area contributed by atoms with Crippen molar-refractivity contribution in [3.05, 3.63) is 0 Å². The highest BCUT2D eigenvalue weighted by Gasteiger charge is 2.14. The van der Waals surface area contributed by atoms with Gasteiger partial charge in [0.15, 0.2) is 0 Å². The maximum Gasteiger partial charge on any atom is 0.305 e. The van der Waals surface area contributed by atoms with Crippen LogP contribution in [0, 0.1) is 0 Å². The highest BCUT2D eigenvalue weighted by molar-refractivity contribution is 8.13. The first-order chi connectivity index (χ1) is 6.11. The lowest BCUT2D eigenvalue weighted by Gasteiger charge is -2.07.